The number of amides is 1. The zero-order valence-corrected chi connectivity index (χ0v) is 11.6. The number of benzene rings is 1. The normalized spacial score (nSPS) is 18.7. The average Bonchev–Trinajstić information content (AvgIpc) is 3.31. The summed E-state index contributed by atoms with van der Waals surface area (Å²) in [6, 6.07) is 8.65. The Hall–Kier alpha value is -1.75. The summed E-state index contributed by atoms with van der Waals surface area (Å²) in [4.78, 5) is 13.9. The zero-order valence-electron chi connectivity index (χ0n) is 11.6. The van der Waals surface area contributed by atoms with Crippen molar-refractivity contribution >= 4 is 17.3 Å². The molecule has 1 heterocycles. The van der Waals surface area contributed by atoms with E-state index in [1.807, 2.05) is 12.1 Å². The summed E-state index contributed by atoms with van der Waals surface area (Å²) in [7, 11) is 0. The van der Waals surface area contributed by atoms with Crippen LogP contribution in [0.5, 0.6) is 0 Å². The van der Waals surface area contributed by atoms with E-state index in [1.54, 1.807) is 0 Å². The highest BCUT2D eigenvalue weighted by Gasteiger charge is 2.22. The molecule has 0 radical (unpaired) electrons. The van der Waals surface area contributed by atoms with Gasteiger partial charge >= 0.3 is 0 Å². The van der Waals surface area contributed by atoms with E-state index >= 15 is 0 Å². The first-order valence-corrected chi connectivity index (χ1v) is 7.27. The van der Waals surface area contributed by atoms with Crippen molar-refractivity contribution in [3.63, 3.8) is 0 Å². The molecule has 0 spiro atoms. The van der Waals surface area contributed by atoms with Gasteiger partial charge < -0.3 is 20.3 Å². The van der Waals surface area contributed by atoms with Crippen LogP contribution in [-0.2, 0) is 9.53 Å². The molecule has 0 unspecified atom stereocenters. The average molecular weight is 275 g/mol. The molecule has 5 nitrogen and oxygen atoms in total. The van der Waals surface area contributed by atoms with E-state index in [2.05, 4.69) is 27.7 Å². The number of hydrogen-bond donors (Lipinski definition) is 2. The van der Waals surface area contributed by atoms with Crippen molar-refractivity contribution in [2.24, 2.45) is 0 Å². The monoisotopic (exact) mass is 275 g/mol. The summed E-state index contributed by atoms with van der Waals surface area (Å²) in [5.74, 6) is 0.0738. The van der Waals surface area contributed by atoms with Gasteiger partial charge in [-0.2, -0.15) is 0 Å². The molecule has 0 atom stereocenters. The Labute approximate surface area is 119 Å². The number of hydrogen-bond acceptors (Lipinski definition) is 4. The Morgan fingerprint density at radius 1 is 1.20 bits per heavy atom. The van der Waals surface area contributed by atoms with Crippen LogP contribution < -0.4 is 15.5 Å². The van der Waals surface area contributed by atoms with Crippen LogP contribution in [0.3, 0.4) is 0 Å². The number of carbonyl (C=O) groups is 1. The van der Waals surface area contributed by atoms with E-state index in [0.717, 1.165) is 44.8 Å². The smallest absolute Gasteiger partial charge is 0.239 e. The molecule has 1 aliphatic carbocycles. The molecule has 0 aromatic heterocycles. The van der Waals surface area contributed by atoms with Crippen LogP contribution in [0.4, 0.5) is 11.4 Å². The molecule has 5 heteroatoms. The highest BCUT2D eigenvalue weighted by molar-refractivity contribution is 5.81. The van der Waals surface area contributed by atoms with E-state index in [9.17, 15) is 4.79 Å². The highest BCUT2D eigenvalue weighted by Crippen LogP contribution is 2.19. The molecular weight excluding hydrogens is 254 g/mol. The van der Waals surface area contributed by atoms with Crippen molar-refractivity contribution in [1.82, 2.24) is 5.32 Å². The van der Waals surface area contributed by atoms with Gasteiger partial charge in [0.1, 0.15) is 0 Å². The topological polar surface area (TPSA) is 53.6 Å². The van der Waals surface area contributed by atoms with Crippen LogP contribution in [0.1, 0.15) is 12.8 Å². The van der Waals surface area contributed by atoms with E-state index < -0.39 is 0 Å². The van der Waals surface area contributed by atoms with Crippen LogP contribution in [0.15, 0.2) is 24.3 Å². The fourth-order valence-electron chi connectivity index (χ4n) is 2.30. The lowest BCUT2D eigenvalue weighted by atomic mass is 10.2. The van der Waals surface area contributed by atoms with Crippen molar-refractivity contribution < 1.29 is 9.53 Å². The summed E-state index contributed by atoms with van der Waals surface area (Å²) >= 11 is 0. The van der Waals surface area contributed by atoms with E-state index in [-0.39, 0.29) is 5.91 Å². The summed E-state index contributed by atoms with van der Waals surface area (Å²) in [5.41, 5.74) is 2.19. The molecular formula is C15H21N3O2. The number of rotatable bonds is 5. The summed E-state index contributed by atoms with van der Waals surface area (Å²) in [6.07, 6.45) is 2.25. The van der Waals surface area contributed by atoms with E-state index in [1.165, 1.54) is 5.69 Å². The van der Waals surface area contributed by atoms with Crippen LogP contribution in [0.25, 0.3) is 0 Å². The first kappa shape index (κ1) is 13.2. The molecule has 2 N–H and O–H groups in total. The second-order valence-electron chi connectivity index (χ2n) is 5.34. The Balaban J connectivity index is 1.48. The maximum absolute atomic E-state index is 11.6. The van der Waals surface area contributed by atoms with Crippen molar-refractivity contribution in [3.8, 4) is 0 Å². The van der Waals surface area contributed by atoms with Crippen LogP contribution in [-0.4, -0.2) is 44.8 Å². The third-order valence-electron chi connectivity index (χ3n) is 3.64. The minimum Gasteiger partial charge on any atom is -0.378 e. The number of anilines is 2. The first-order valence-electron chi connectivity index (χ1n) is 7.27. The lowest BCUT2D eigenvalue weighted by Gasteiger charge is -2.28. The minimum atomic E-state index is 0.0738. The van der Waals surface area contributed by atoms with Gasteiger partial charge in [-0.15, -0.1) is 0 Å². The second-order valence-corrected chi connectivity index (χ2v) is 5.34. The summed E-state index contributed by atoms with van der Waals surface area (Å²) in [6.45, 7) is 3.81. The molecule has 1 aliphatic heterocycles. The molecule has 1 aromatic carbocycles. The molecule has 2 aliphatic rings. The molecule has 1 aromatic rings. The lowest BCUT2D eigenvalue weighted by Crippen LogP contribution is -2.36. The maximum Gasteiger partial charge on any atom is 0.239 e. The third kappa shape index (κ3) is 3.63. The zero-order chi connectivity index (χ0) is 13.8. The molecule has 1 saturated heterocycles. The Kier molecular flexibility index (Phi) is 4.06. The molecule has 20 heavy (non-hydrogen) atoms. The van der Waals surface area contributed by atoms with Gasteiger partial charge in [0.25, 0.3) is 0 Å². The molecule has 2 fully saturated rings. The number of morpholine rings is 1. The lowest BCUT2D eigenvalue weighted by molar-refractivity contribution is -0.119. The SMILES string of the molecule is O=C(CNc1ccc(N2CCOCC2)cc1)NC1CC1. The van der Waals surface area contributed by atoms with Crippen LogP contribution in [0, 0.1) is 0 Å². The van der Waals surface area contributed by atoms with Crippen LogP contribution >= 0.6 is 0 Å². The van der Waals surface area contributed by atoms with E-state index in [4.69, 9.17) is 4.74 Å². The molecule has 3 rings (SSSR count). The van der Waals surface area contributed by atoms with Gasteiger partial charge in [-0.3, -0.25) is 4.79 Å². The number of nitrogens with zero attached hydrogens (tertiary/aromatic N) is 1. The van der Waals surface area contributed by atoms with Crippen molar-refractivity contribution in [2.45, 2.75) is 18.9 Å². The number of carbonyl (C=O) groups excluding carboxylic acids is 1. The second kappa shape index (κ2) is 6.13. The Bertz CT molecular complexity index is 451. The largest absolute Gasteiger partial charge is 0.378 e. The first-order chi connectivity index (χ1) is 9.81. The van der Waals surface area contributed by atoms with Gasteiger partial charge in [-0.1, -0.05) is 0 Å². The van der Waals surface area contributed by atoms with Crippen molar-refractivity contribution in [2.75, 3.05) is 43.1 Å². The third-order valence-corrected chi connectivity index (χ3v) is 3.64. The Morgan fingerprint density at radius 2 is 1.90 bits per heavy atom. The van der Waals surface area contributed by atoms with Gasteiger partial charge in [0, 0.05) is 30.5 Å². The predicted octanol–water partition coefficient (Wildman–Crippen LogP) is 1.21. The van der Waals surface area contributed by atoms with Crippen molar-refractivity contribution in [1.29, 1.82) is 0 Å². The van der Waals surface area contributed by atoms with Gasteiger partial charge in [0.2, 0.25) is 5.91 Å². The maximum atomic E-state index is 11.6. The fourth-order valence-corrected chi connectivity index (χ4v) is 2.30. The number of nitrogens with one attached hydrogen (secondary N) is 2. The molecule has 1 amide bonds. The van der Waals surface area contributed by atoms with Gasteiger partial charge in [0.15, 0.2) is 0 Å². The van der Waals surface area contributed by atoms with Gasteiger partial charge in [0.05, 0.1) is 19.8 Å². The van der Waals surface area contributed by atoms with E-state index in [0.29, 0.717) is 12.6 Å². The highest BCUT2D eigenvalue weighted by atomic mass is 16.5. The summed E-state index contributed by atoms with van der Waals surface area (Å²) in [5, 5.41) is 6.12. The predicted molar refractivity (Wildman–Crippen MR) is 79.1 cm³/mol. The minimum absolute atomic E-state index is 0.0738. The van der Waals surface area contributed by atoms with Crippen molar-refractivity contribution in [3.05, 3.63) is 24.3 Å². The molecule has 1 saturated carbocycles. The molecule has 108 valence electrons. The Morgan fingerprint density at radius 3 is 2.55 bits per heavy atom. The van der Waals surface area contributed by atoms with Gasteiger partial charge in [-0.25, -0.2) is 0 Å². The fraction of sp³-hybridized carbons (Fsp3) is 0.533. The number of ether oxygens (including phenoxy) is 1. The molecule has 0 bridgehead atoms. The van der Waals surface area contributed by atoms with Crippen LogP contribution in [0.2, 0.25) is 0 Å². The quantitative estimate of drug-likeness (QED) is 0.848. The van der Waals surface area contributed by atoms with Gasteiger partial charge in [-0.05, 0) is 37.1 Å². The standard InChI is InChI=1S/C15H21N3O2/c19-15(17-13-1-2-13)11-16-12-3-5-14(6-4-12)18-7-9-20-10-8-18/h3-6,13,16H,1-2,7-11H2,(H,17,19). The summed E-state index contributed by atoms with van der Waals surface area (Å²) < 4.78 is 5.35.